The van der Waals surface area contributed by atoms with Gasteiger partial charge in [0.25, 0.3) is 0 Å². The van der Waals surface area contributed by atoms with E-state index in [0.717, 1.165) is 19.0 Å². The second-order valence-electron chi connectivity index (χ2n) is 7.34. The third kappa shape index (κ3) is 3.23. The van der Waals surface area contributed by atoms with Gasteiger partial charge >= 0.3 is 0 Å². The van der Waals surface area contributed by atoms with E-state index in [2.05, 4.69) is 91.0 Å². The normalized spacial score (nSPS) is 21.8. The first-order valence-corrected chi connectivity index (χ1v) is 11.7. The van der Waals surface area contributed by atoms with Gasteiger partial charge in [-0.15, -0.1) is 0 Å². The highest BCUT2D eigenvalue weighted by Crippen LogP contribution is 2.56. The van der Waals surface area contributed by atoms with Gasteiger partial charge in [0.2, 0.25) is 0 Å². The number of benzene rings is 3. The predicted molar refractivity (Wildman–Crippen MR) is 113 cm³/mol. The lowest BCUT2D eigenvalue weighted by Gasteiger charge is -2.28. The van der Waals surface area contributed by atoms with Crippen LogP contribution in [0, 0.1) is 0 Å². The molecule has 3 aromatic carbocycles. The Bertz CT molecular complexity index is 775. The molecule has 3 heteroatoms. The molecule has 1 heterocycles. The summed E-state index contributed by atoms with van der Waals surface area (Å²) in [4.78, 5) is 0. The lowest BCUT2D eigenvalue weighted by molar-refractivity contribution is -0.0868. The van der Waals surface area contributed by atoms with Crippen LogP contribution in [0.3, 0.4) is 0 Å². The van der Waals surface area contributed by atoms with Crippen molar-refractivity contribution in [1.82, 2.24) is 0 Å². The van der Waals surface area contributed by atoms with Gasteiger partial charge in [-0.25, -0.2) is 0 Å². The fourth-order valence-electron chi connectivity index (χ4n) is 4.18. The minimum absolute atomic E-state index is 0.0516. The zero-order valence-corrected chi connectivity index (χ0v) is 16.2. The Kier molecular flexibility index (Phi) is 4.57. The van der Waals surface area contributed by atoms with E-state index in [-0.39, 0.29) is 6.29 Å². The monoisotopic (exact) mass is 375 g/mol. The molecule has 2 atom stereocenters. The zero-order chi connectivity index (χ0) is 18.1. The Labute approximate surface area is 161 Å². The van der Waals surface area contributed by atoms with Gasteiger partial charge in [0, 0.05) is 12.8 Å². The maximum absolute atomic E-state index is 6.03. The molecule has 2 aliphatic rings. The van der Waals surface area contributed by atoms with Crippen LogP contribution in [0.5, 0.6) is 0 Å². The molecular weight excluding hydrogens is 351 g/mol. The predicted octanol–water partition coefficient (Wildman–Crippen LogP) is 3.88. The summed E-state index contributed by atoms with van der Waals surface area (Å²) in [5.74, 6) is 0. The molecule has 0 bridgehead atoms. The lowest BCUT2D eigenvalue weighted by atomic mass is 10.3. The second-order valence-corrected chi connectivity index (χ2v) is 11.0. The molecule has 1 aliphatic heterocycles. The summed E-state index contributed by atoms with van der Waals surface area (Å²) >= 11 is 0. The van der Waals surface area contributed by atoms with Gasteiger partial charge in [-0.3, -0.25) is 0 Å². The van der Waals surface area contributed by atoms with Crippen LogP contribution < -0.4 is 15.9 Å². The van der Waals surface area contributed by atoms with E-state index in [1.54, 1.807) is 0 Å². The van der Waals surface area contributed by atoms with E-state index in [9.17, 15) is 0 Å². The molecule has 0 amide bonds. The van der Waals surface area contributed by atoms with E-state index in [1.807, 2.05) is 0 Å². The zero-order valence-electron chi connectivity index (χ0n) is 15.3. The summed E-state index contributed by atoms with van der Waals surface area (Å²) in [6, 6.07) is 33.0. The number of hydrogen-bond donors (Lipinski definition) is 0. The maximum atomic E-state index is 6.03. The summed E-state index contributed by atoms with van der Waals surface area (Å²) in [6.45, 7) is 0. The fraction of sp³-hybridized carbons (Fsp3) is 0.250. The summed E-state index contributed by atoms with van der Waals surface area (Å²) in [5.41, 5.74) is 0. The van der Waals surface area contributed by atoms with Crippen molar-refractivity contribution < 1.29 is 9.47 Å². The lowest BCUT2D eigenvalue weighted by Crippen LogP contribution is -2.34. The van der Waals surface area contributed by atoms with Crippen LogP contribution in [-0.4, -0.2) is 24.7 Å². The fourth-order valence-corrected chi connectivity index (χ4v) is 8.49. The average molecular weight is 375 g/mol. The van der Waals surface area contributed by atoms with Crippen molar-refractivity contribution in [3.8, 4) is 0 Å². The topological polar surface area (TPSA) is 18.5 Å². The van der Waals surface area contributed by atoms with Crippen LogP contribution in [0.15, 0.2) is 91.0 Å². The highest BCUT2D eigenvalue weighted by molar-refractivity contribution is 7.95. The highest BCUT2D eigenvalue weighted by atomic mass is 31.2. The van der Waals surface area contributed by atoms with Crippen molar-refractivity contribution in [2.45, 2.75) is 31.3 Å². The summed E-state index contributed by atoms with van der Waals surface area (Å²) < 4.78 is 12.1. The van der Waals surface area contributed by atoms with Crippen molar-refractivity contribution >= 4 is 23.2 Å². The van der Waals surface area contributed by atoms with Crippen LogP contribution >= 0.6 is 7.26 Å². The SMILES string of the molecule is c1ccc([P+](CCC2O[C@H]3C[C@@H]3O2)(c2ccccc2)c2ccccc2)cc1. The van der Waals surface area contributed by atoms with Crippen LogP contribution in [0.2, 0.25) is 0 Å². The highest BCUT2D eigenvalue weighted by Gasteiger charge is 2.51. The van der Waals surface area contributed by atoms with Gasteiger partial charge in [0.05, 0.1) is 18.4 Å². The smallest absolute Gasteiger partial charge is 0.162 e. The van der Waals surface area contributed by atoms with Crippen LogP contribution in [-0.2, 0) is 9.47 Å². The van der Waals surface area contributed by atoms with Crippen molar-refractivity contribution in [3.05, 3.63) is 91.0 Å². The summed E-state index contributed by atoms with van der Waals surface area (Å²) in [6.07, 6.45) is 3.71. The molecule has 2 nitrogen and oxygen atoms in total. The van der Waals surface area contributed by atoms with Crippen LogP contribution in [0.1, 0.15) is 12.8 Å². The van der Waals surface area contributed by atoms with E-state index in [4.69, 9.17) is 9.47 Å². The minimum atomic E-state index is -1.77. The van der Waals surface area contributed by atoms with Crippen LogP contribution in [0.4, 0.5) is 0 Å². The third-order valence-electron chi connectivity index (χ3n) is 5.62. The summed E-state index contributed by atoms with van der Waals surface area (Å²) in [5, 5.41) is 4.27. The molecule has 0 radical (unpaired) electrons. The molecule has 0 spiro atoms. The molecule has 1 saturated heterocycles. The minimum Gasteiger partial charge on any atom is -0.346 e. The number of fused-ring (bicyclic) bond motifs is 1. The van der Waals surface area contributed by atoms with Crippen molar-refractivity contribution in [2.75, 3.05) is 6.16 Å². The van der Waals surface area contributed by atoms with Gasteiger partial charge in [0.15, 0.2) is 6.29 Å². The molecule has 0 N–H and O–H groups in total. The van der Waals surface area contributed by atoms with Crippen molar-refractivity contribution in [3.63, 3.8) is 0 Å². The van der Waals surface area contributed by atoms with E-state index in [1.165, 1.54) is 15.9 Å². The van der Waals surface area contributed by atoms with Gasteiger partial charge < -0.3 is 9.47 Å². The van der Waals surface area contributed by atoms with E-state index in [0.29, 0.717) is 12.2 Å². The van der Waals surface area contributed by atoms with Gasteiger partial charge in [-0.1, -0.05) is 54.6 Å². The Hall–Kier alpha value is -1.99. The second kappa shape index (κ2) is 7.20. The van der Waals surface area contributed by atoms with Gasteiger partial charge in [-0.05, 0) is 36.4 Å². The van der Waals surface area contributed by atoms with Gasteiger partial charge in [0.1, 0.15) is 23.2 Å². The molecule has 27 heavy (non-hydrogen) atoms. The first-order valence-electron chi connectivity index (χ1n) is 9.72. The molecule has 0 aromatic heterocycles. The molecule has 1 aliphatic carbocycles. The third-order valence-corrected chi connectivity index (χ3v) is 10.1. The standard InChI is InChI=1S/C24H24O2P/c1-4-10-19(11-5-1)27(20-12-6-2-7-13-20,21-14-8-3-9-15-21)17-16-24-25-22-18-23(22)26-24/h1-15,22-24H,16-18H2/q+1/t22-,23-/m0/s1. The summed E-state index contributed by atoms with van der Waals surface area (Å²) in [7, 11) is -1.77. The van der Waals surface area contributed by atoms with Crippen molar-refractivity contribution in [1.29, 1.82) is 0 Å². The molecule has 2 fully saturated rings. The maximum Gasteiger partial charge on any atom is 0.162 e. The first kappa shape index (κ1) is 17.1. The Morgan fingerprint density at radius 3 is 1.44 bits per heavy atom. The quantitative estimate of drug-likeness (QED) is 0.609. The Morgan fingerprint density at radius 2 is 1.04 bits per heavy atom. The van der Waals surface area contributed by atoms with Gasteiger partial charge in [-0.2, -0.15) is 0 Å². The van der Waals surface area contributed by atoms with E-state index >= 15 is 0 Å². The average Bonchev–Trinajstić information content (AvgIpc) is 3.36. The van der Waals surface area contributed by atoms with Crippen molar-refractivity contribution in [2.24, 2.45) is 0 Å². The Morgan fingerprint density at radius 1 is 0.630 bits per heavy atom. The molecule has 136 valence electrons. The molecule has 0 unspecified atom stereocenters. The number of rotatable bonds is 6. The number of hydrogen-bond acceptors (Lipinski definition) is 2. The molecular formula is C24H24O2P+. The largest absolute Gasteiger partial charge is 0.346 e. The van der Waals surface area contributed by atoms with E-state index < -0.39 is 7.26 Å². The molecule has 5 rings (SSSR count). The van der Waals surface area contributed by atoms with Crippen LogP contribution in [0.25, 0.3) is 0 Å². The molecule has 3 aromatic rings. The molecule has 1 saturated carbocycles. The number of ether oxygens (including phenoxy) is 2. The first-order chi connectivity index (χ1) is 13.4. The Balaban J connectivity index is 1.59.